The molecule has 2 heterocycles. The number of nitrogens with zero attached hydrogens (tertiary/aromatic N) is 1. The molecule has 1 saturated heterocycles. The van der Waals surface area contributed by atoms with Crippen molar-refractivity contribution >= 4 is 40.7 Å². The molecule has 0 bridgehead atoms. The van der Waals surface area contributed by atoms with E-state index in [1.807, 2.05) is 23.6 Å². The number of nitrogens with one attached hydrogen (secondary N) is 1. The molecule has 1 aromatic heterocycles. The standard InChI is InChI=1S/C21H23ClN2O4S/c22-17-5-3-15(4-6-17)7-10-23-19(25)14-28-21(27)16-8-11-24(12-9-16)20(26)18-2-1-13-29-18/h1-6,13,16H,7-12,14H2,(H,23,25). The molecular formula is C21H23ClN2O4S. The number of carbonyl (C=O) groups is 3. The molecule has 29 heavy (non-hydrogen) atoms. The zero-order chi connectivity index (χ0) is 20.6. The predicted octanol–water partition coefficient (Wildman–Crippen LogP) is 3.16. The topological polar surface area (TPSA) is 75.7 Å². The van der Waals surface area contributed by atoms with Gasteiger partial charge >= 0.3 is 5.97 Å². The van der Waals surface area contributed by atoms with Crippen molar-refractivity contribution in [3.63, 3.8) is 0 Å². The van der Waals surface area contributed by atoms with Crippen LogP contribution in [0, 0.1) is 5.92 Å². The van der Waals surface area contributed by atoms with E-state index in [0.717, 1.165) is 5.56 Å². The summed E-state index contributed by atoms with van der Waals surface area (Å²) in [5.74, 6) is -0.963. The van der Waals surface area contributed by atoms with Crippen molar-refractivity contribution in [3.05, 3.63) is 57.2 Å². The highest BCUT2D eigenvalue weighted by molar-refractivity contribution is 7.12. The average Bonchev–Trinajstić information content (AvgIpc) is 3.28. The summed E-state index contributed by atoms with van der Waals surface area (Å²) in [6, 6.07) is 11.1. The summed E-state index contributed by atoms with van der Waals surface area (Å²) >= 11 is 7.26. The van der Waals surface area contributed by atoms with E-state index in [2.05, 4.69) is 5.32 Å². The quantitative estimate of drug-likeness (QED) is 0.679. The molecule has 154 valence electrons. The Labute approximate surface area is 178 Å². The van der Waals surface area contributed by atoms with Crippen molar-refractivity contribution in [1.82, 2.24) is 10.2 Å². The van der Waals surface area contributed by atoms with Crippen LogP contribution in [-0.4, -0.2) is 48.9 Å². The second-order valence-electron chi connectivity index (χ2n) is 6.88. The summed E-state index contributed by atoms with van der Waals surface area (Å²) in [4.78, 5) is 38.9. The summed E-state index contributed by atoms with van der Waals surface area (Å²) in [7, 11) is 0. The smallest absolute Gasteiger partial charge is 0.309 e. The minimum Gasteiger partial charge on any atom is -0.455 e. The molecule has 0 spiro atoms. The van der Waals surface area contributed by atoms with E-state index in [1.54, 1.807) is 23.1 Å². The highest BCUT2D eigenvalue weighted by Crippen LogP contribution is 2.21. The van der Waals surface area contributed by atoms with Crippen LogP contribution in [0.1, 0.15) is 28.1 Å². The van der Waals surface area contributed by atoms with Crippen molar-refractivity contribution in [2.24, 2.45) is 5.92 Å². The van der Waals surface area contributed by atoms with Gasteiger partial charge in [0, 0.05) is 24.7 Å². The molecule has 6 nitrogen and oxygen atoms in total. The van der Waals surface area contributed by atoms with E-state index < -0.39 is 0 Å². The lowest BCUT2D eigenvalue weighted by Gasteiger charge is -2.30. The molecule has 1 aliphatic heterocycles. The molecule has 1 fully saturated rings. The van der Waals surface area contributed by atoms with E-state index in [1.165, 1.54) is 11.3 Å². The van der Waals surface area contributed by atoms with E-state index >= 15 is 0 Å². The van der Waals surface area contributed by atoms with Crippen molar-refractivity contribution in [2.75, 3.05) is 26.2 Å². The number of thiophene rings is 1. The van der Waals surface area contributed by atoms with E-state index in [-0.39, 0.29) is 30.3 Å². The van der Waals surface area contributed by atoms with Gasteiger partial charge in [-0.25, -0.2) is 0 Å². The molecule has 0 saturated carbocycles. The Bertz CT molecular complexity index is 831. The summed E-state index contributed by atoms with van der Waals surface area (Å²) < 4.78 is 5.16. The Hall–Kier alpha value is -2.38. The fourth-order valence-corrected chi connectivity index (χ4v) is 3.99. The van der Waals surface area contributed by atoms with Crippen LogP contribution in [0.4, 0.5) is 0 Å². The average molecular weight is 435 g/mol. The number of piperidine rings is 1. The van der Waals surface area contributed by atoms with Crippen LogP contribution in [0.5, 0.6) is 0 Å². The van der Waals surface area contributed by atoms with Gasteiger partial charge in [-0.1, -0.05) is 29.8 Å². The third kappa shape index (κ3) is 6.30. The normalized spacial score (nSPS) is 14.4. The summed E-state index contributed by atoms with van der Waals surface area (Å²) in [5, 5.41) is 5.29. The zero-order valence-corrected chi connectivity index (χ0v) is 17.5. The highest BCUT2D eigenvalue weighted by Gasteiger charge is 2.29. The van der Waals surface area contributed by atoms with Crippen LogP contribution in [0.2, 0.25) is 5.02 Å². The monoisotopic (exact) mass is 434 g/mol. The van der Waals surface area contributed by atoms with Crippen molar-refractivity contribution in [2.45, 2.75) is 19.3 Å². The van der Waals surface area contributed by atoms with Crippen LogP contribution in [0.3, 0.4) is 0 Å². The second kappa shape index (κ2) is 10.4. The first-order valence-corrected chi connectivity index (χ1v) is 10.8. The third-order valence-electron chi connectivity index (χ3n) is 4.84. The van der Waals surface area contributed by atoms with Crippen LogP contribution in [0.25, 0.3) is 0 Å². The number of benzene rings is 1. The number of likely N-dealkylation sites (tertiary alicyclic amines) is 1. The van der Waals surface area contributed by atoms with Gasteiger partial charge in [-0.05, 0) is 48.4 Å². The SMILES string of the molecule is O=C(COC(=O)C1CCN(C(=O)c2cccs2)CC1)NCCc1ccc(Cl)cc1. The lowest BCUT2D eigenvalue weighted by molar-refractivity contribution is -0.153. The molecule has 0 aliphatic carbocycles. The molecule has 0 unspecified atom stereocenters. The fraction of sp³-hybridized carbons (Fsp3) is 0.381. The maximum Gasteiger partial charge on any atom is 0.309 e. The van der Waals surface area contributed by atoms with Crippen LogP contribution < -0.4 is 5.32 Å². The van der Waals surface area contributed by atoms with Crippen LogP contribution >= 0.6 is 22.9 Å². The molecule has 1 N–H and O–H groups in total. The van der Waals surface area contributed by atoms with Gasteiger partial charge in [0.1, 0.15) is 0 Å². The van der Waals surface area contributed by atoms with Gasteiger partial charge in [-0.3, -0.25) is 14.4 Å². The number of hydrogen-bond acceptors (Lipinski definition) is 5. The van der Waals surface area contributed by atoms with Gasteiger partial charge in [0.2, 0.25) is 0 Å². The van der Waals surface area contributed by atoms with Gasteiger partial charge in [0.05, 0.1) is 10.8 Å². The van der Waals surface area contributed by atoms with Crippen molar-refractivity contribution < 1.29 is 19.1 Å². The number of rotatable bonds is 7. The maximum absolute atomic E-state index is 12.3. The molecular weight excluding hydrogens is 412 g/mol. The predicted molar refractivity (Wildman–Crippen MR) is 112 cm³/mol. The number of amides is 2. The minimum absolute atomic E-state index is 0.00637. The molecule has 0 radical (unpaired) electrons. The first kappa shape index (κ1) is 21.3. The number of hydrogen-bond donors (Lipinski definition) is 1. The third-order valence-corrected chi connectivity index (χ3v) is 5.95. The summed E-state index contributed by atoms with van der Waals surface area (Å²) in [5.41, 5.74) is 1.07. The number of ether oxygens (including phenoxy) is 1. The van der Waals surface area contributed by atoms with E-state index in [0.29, 0.717) is 48.8 Å². The Morgan fingerprint density at radius 2 is 1.86 bits per heavy atom. The molecule has 1 aliphatic rings. The largest absolute Gasteiger partial charge is 0.455 e. The lowest BCUT2D eigenvalue weighted by atomic mass is 9.97. The molecule has 8 heteroatoms. The van der Waals surface area contributed by atoms with Gasteiger partial charge < -0.3 is 15.0 Å². The van der Waals surface area contributed by atoms with Gasteiger partial charge in [-0.2, -0.15) is 0 Å². The molecule has 1 aromatic carbocycles. The molecule has 3 rings (SSSR count). The Morgan fingerprint density at radius 1 is 1.14 bits per heavy atom. The number of halogens is 1. The summed E-state index contributed by atoms with van der Waals surface area (Å²) in [6.07, 6.45) is 1.77. The van der Waals surface area contributed by atoms with Gasteiger partial charge in [0.25, 0.3) is 11.8 Å². The molecule has 2 aromatic rings. The first-order chi connectivity index (χ1) is 14.0. The lowest BCUT2D eigenvalue weighted by Crippen LogP contribution is -2.41. The van der Waals surface area contributed by atoms with Crippen LogP contribution in [0.15, 0.2) is 41.8 Å². The summed E-state index contributed by atoms with van der Waals surface area (Å²) in [6.45, 7) is 1.21. The van der Waals surface area contributed by atoms with E-state index in [4.69, 9.17) is 16.3 Å². The zero-order valence-electron chi connectivity index (χ0n) is 15.9. The second-order valence-corrected chi connectivity index (χ2v) is 8.26. The van der Waals surface area contributed by atoms with Crippen molar-refractivity contribution in [1.29, 1.82) is 0 Å². The Balaban J connectivity index is 1.32. The number of esters is 1. The highest BCUT2D eigenvalue weighted by atomic mass is 35.5. The van der Waals surface area contributed by atoms with Crippen LogP contribution in [-0.2, 0) is 20.7 Å². The Morgan fingerprint density at radius 3 is 2.52 bits per heavy atom. The minimum atomic E-state index is -0.374. The van der Waals surface area contributed by atoms with Gasteiger partial charge in [0.15, 0.2) is 6.61 Å². The van der Waals surface area contributed by atoms with Crippen molar-refractivity contribution in [3.8, 4) is 0 Å². The Kier molecular flexibility index (Phi) is 7.66. The van der Waals surface area contributed by atoms with Gasteiger partial charge in [-0.15, -0.1) is 11.3 Å². The number of carbonyl (C=O) groups excluding carboxylic acids is 3. The first-order valence-electron chi connectivity index (χ1n) is 9.53. The molecule has 0 atom stereocenters. The maximum atomic E-state index is 12.3. The molecule has 2 amide bonds. The van der Waals surface area contributed by atoms with E-state index in [9.17, 15) is 14.4 Å². The fourth-order valence-electron chi connectivity index (χ4n) is 3.18.